The van der Waals surface area contributed by atoms with Crippen molar-refractivity contribution in [3.8, 4) is 11.4 Å². The van der Waals surface area contributed by atoms with Gasteiger partial charge in [0, 0.05) is 55.1 Å². The van der Waals surface area contributed by atoms with E-state index in [1.54, 1.807) is 0 Å². The Kier molecular flexibility index (Phi) is 9.17. The van der Waals surface area contributed by atoms with Crippen molar-refractivity contribution in [1.29, 1.82) is 0 Å². The molecule has 70 heavy (non-hydrogen) atoms. The average molecular weight is 893 g/mol. The molecule has 0 N–H and O–H groups in total. The van der Waals surface area contributed by atoms with E-state index in [1.165, 1.54) is 59.5 Å². The Balaban J connectivity index is 1.08. The van der Waals surface area contributed by atoms with E-state index in [0.29, 0.717) is 0 Å². The molecule has 12 aromatic carbocycles. The number of hydrogen-bond acceptors (Lipinski definition) is 2. The molecule has 4 nitrogen and oxygen atoms in total. The lowest BCUT2D eigenvalue weighted by Gasteiger charge is -2.30. The summed E-state index contributed by atoms with van der Waals surface area (Å²) in [4.78, 5) is 4.99. The van der Waals surface area contributed by atoms with Crippen molar-refractivity contribution >= 4 is 110 Å². The highest BCUT2D eigenvalue weighted by atomic mass is 15.2. The maximum absolute atomic E-state index is 2.49. The van der Waals surface area contributed by atoms with Gasteiger partial charge in [0.05, 0.1) is 44.8 Å². The molecule has 2 heterocycles. The molecule has 4 heteroatoms. The van der Waals surface area contributed by atoms with Gasteiger partial charge in [0.25, 0.3) is 0 Å². The van der Waals surface area contributed by atoms with E-state index < -0.39 is 0 Å². The second kappa shape index (κ2) is 16.2. The molecule has 0 aliphatic heterocycles. The van der Waals surface area contributed by atoms with Gasteiger partial charge in [-0.05, 0) is 119 Å². The second-order valence-corrected chi connectivity index (χ2v) is 18.0. The first-order valence-electron chi connectivity index (χ1n) is 24.0. The molecule has 0 radical (unpaired) electrons. The zero-order valence-electron chi connectivity index (χ0n) is 38.2. The Morgan fingerprint density at radius 1 is 0.229 bits per heavy atom. The summed E-state index contributed by atoms with van der Waals surface area (Å²) in [5.74, 6) is 0. The average Bonchev–Trinajstić information content (AvgIpc) is 3.96. The number of nitrogens with zero attached hydrogens (tertiary/aromatic N) is 4. The van der Waals surface area contributed by atoms with Crippen LogP contribution in [0.1, 0.15) is 0 Å². The maximum atomic E-state index is 2.49. The van der Waals surface area contributed by atoms with Crippen LogP contribution in [0.5, 0.6) is 0 Å². The van der Waals surface area contributed by atoms with Gasteiger partial charge in [0.2, 0.25) is 0 Å². The largest absolute Gasteiger partial charge is 0.309 e. The summed E-state index contributed by atoms with van der Waals surface area (Å²) >= 11 is 0. The summed E-state index contributed by atoms with van der Waals surface area (Å²) in [6.45, 7) is 0. The first-order valence-corrected chi connectivity index (χ1v) is 24.0. The highest BCUT2D eigenvalue weighted by molar-refractivity contribution is 6.28. The summed E-state index contributed by atoms with van der Waals surface area (Å²) < 4.78 is 4.81. The van der Waals surface area contributed by atoms with Gasteiger partial charge in [-0.15, -0.1) is 0 Å². The minimum Gasteiger partial charge on any atom is -0.309 e. The standard InChI is InChI=1S/C66H44N4/c1-5-23-46(24-6-1)67-56-37-19-17-35-54(56)65-58(67)39-21-41-60(65)69(48-27-9-3-10-28-48)62-43-45-44-63(51-32-14-16-34-53(51)64(45)52-33-15-13-31-50(52)62)70(49-29-11-4-12-30-49)61-42-22-40-59-66(61)55-36-18-20-38-57(55)68(59)47-25-7-2-8-26-47/h1-44H. The molecule has 0 unspecified atom stereocenters. The van der Waals surface area contributed by atoms with Crippen LogP contribution >= 0.6 is 0 Å². The number of aromatic nitrogens is 2. The molecule has 2 aromatic heterocycles. The zero-order valence-corrected chi connectivity index (χ0v) is 38.2. The Morgan fingerprint density at radius 2 is 0.557 bits per heavy atom. The highest BCUT2D eigenvalue weighted by Crippen LogP contribution is 2.51. The summed E-state index contributed by atoms with van der Waals surface area (Å²) in [5.41, 5.74) is 13.6. The van der Waals surface area contributed by atoms with Crippen LogP contribution in [0.3, 0.4) is 0 Å². The fraction of sp³-hybridized carbons (Fsp3) is 0. The zero-order chi connectivity index (χ0) is 46.1. The molecule has 0 spiro atoms. The fourth-order valence-corrected chi connectivity index (χ4v) is 11.4. The van der Waals surface area contributed by atoms with Gasteiger partial charge in [-0.25, -0.2) is 0 Å². The lowest BCUT2D eigenvalue weighted by atomic mass is 9.92. The Bertz CT molecular complexity index is 4010. The molecule has 0 aliphatic carbocycles. The number of benzene rings is 12. The van der Waals surface area contributed by atoms with Crippen molar-refractivity contribution in [3.63, 3.8) is 0 Å². The molecular weight excluding hydrogens is 849 g/mol. The van der Waals surface area contributed by atoms with E-state index in [0.717, 1.165) is 61.9 Å². The fourth-order valence-electron chi connectivity index (χ4n) is 11.4. The van der Waals surface area contributed by atoms with Crippen LogP contribution < -0.4 is 9.80 Å². The van der Waals surface area contributed by atoms with Gasteiger partial charge < -0.3 is 18.9 Å². The third-order valence-corrected chi connectivity index (χ3v) is 14.2. The predicted octanol–water partition coefficient (Wildman–Crippen LogP) is 18.3. The summed E-state index contributed by atoms with van der Waals surface area (Å²) in [6.07, 6.45) is 0. The molecule has 0 atom stereocenters. The second-order valence-electron chi connectivity index (χ2n) is 18.0. The van der Waals surface area contributed by atoms with Gasteiger partial charge in [-0.3, -0.25) is 0 Å². The Labute approximate surface area is 405 Å². The molecule has 0 amide bonds. The topological polar surface area (TPSA) is 16.3 Å². The van der Waals surface area contributed by atoms with Crippen molar-refractivity contribution in [2.75, 3.05) is 9.80 Å². The number of fused-ring (bicyclic) bond motifs is 11. The first kappa shape index (κ1) is 39.8. The van der Waals surface area contributed by atoms with Gasteiger partial charge in [0.1, 0.15) is 0 Å². The van der Waals surface area contributed by atoms with E-state index in [4.69, 9.17) is 0 Å². The molecule has 14 aromatic rings. The molecule has 0 saturated carbocycles. The van der Waals surface area contributed by atoms with Gasteiger partial charge >= 0.3 is 0 Å². The van der Waals surface area contributed by atoms with Crippen LogP contribution in [0.2, 0.25) is 0 Å². The first-order chi connectivity index (χ1) is 34.8. The normalized spacial score (nSPS) is 11.7. The molecule has 14 rings (SSSR count). The van der Waals surface area contributed by atoms with Gasteiger partial charge in [-0.2, -0.15) is 0 Å². The lowest BCUT2D eigenvalue weighted by molar-refractivity contribution is 1.18. The SMILES string of the molecule is c1ccc(N(c2cc3cc(N(c4ccccc4)c4cccc5c4c4ccccc4n5-c4ccccc4)c4ccccc4c3c3ccccc23)c2cccc3c2c2ccccc2n3-c2ccccc2)cc1. The third-order valence-electron chi connectivity index (χ3n) is 14.2. The van der Waals surface area contributed by atoms with Crippen LogP contribution in [-0.4, -0.2) is 9.13 Å². The molecular formula is C66H44N4. The van der Waals surface area contributed by atoms with E-state index in [2.05, 4.69) is 286 Å². The maximum Gasteiger partial charge on any atom is 0.0562 e. The number of para-hydroxylation sites is 6. The Morgan fingerprint density at radius 3 is 0.971 bits per heavy atom. The van der Waals surface area contributed by atoms with Crippen LogP contribution in [-0.2, 0) is 0 Å². The van der Waals surface area contributed by atoms with Crippen molar-refractivity contribution in [3.05, 3.63) is 267 Å². The van der Waals surface area contributed by atoms with Crippen molar-refractivity contribution < 1.29 is 0 Å². The van der Waals surface area contributed by atoms with E-state index >= 15 is 0 Å². The minimum atomic E-state index is 1.09. The van der Waals surface area contributed by atoms with Crippen LogP contribution in [0.4, 0.5) is 34.1 Å². The predicted molar refractivity (Wildman–Crippen MR) is 297 cm³/mol. The molecule has 328 valence electrons. The summed E-state index contributed by atoms with van der Waals surface area (Å²) in [5, 5.41) is 12.0. The summed E-state index contributed by atoms with van der Waals surface area (Å²) in [6, 6.07) is 97.3. The van der Waals surface area contributed by atoms with Crippen LogP contribution in [0.15, 0.2) is 267 Å². The van der Waals surface area contributed by atoms with Gasteiger partial charge in [-0.1, -0.05) is 170 Å². The number of rotatable bonds is 8. The quantitative estimate of drug-likeness (QED) is 0.141. The third kappa shape index (κ3) is 6.10. The highest BCUT2D eigenvalue weighted by Gasteiger charge is 2.26. The van der Waals surface area contributed by atoms with E-state index in [1.807, 2.05) is 0 Å². The molecule has 0 bridgehead atoms. The van der Waals surface area contributed by atoms with Crippen molar-refractivity contribution in [2.24, 2.45) is 0 Å². The van der Waals surface area contributed by atoms with Gasteiger partial charge in [0.15, 0.2) is 0 Å². The van der Waals surface area contributed by atoms with Crippen LogP contribution in [0.25, 0.3) is 87.3 Å². The summed E-state index contributed by atoms with van der Waals surface area (Å²) in [7, 11) is 0. The van der Waals surface area contributed by atoms with Crippen LogP contribution in [0, 0.1) is 0 Å². The molecule has 0 saturated heterocycles. The number of hydrogen-bond donors (Lipinski definition) is 0. The monoisotopic (exact) mass is 892 g/mol. The smallest absolute Gasteiger partial charge is 0.0562 e. The molecule has 0 fully saturated rings. The molecule has 0 aliphatic rings. The van der Waals surface area contributed by atoms with E-state index in [-0.39, 0.29) is 0 Å². The van der Waals surface area contributed by atoms with Crippen molar-refractivity contribution in [2.45, 2.75) is 0 Å². The van der Waals surface area contributed by atoms with E-state index in [9.17, 15) is 0 Å². The van der Waals surface area contributed by atoms with Crippen molar-refractivity contribution in [1.82, 2.24) is 9.13 Å². The Hall–Kier alpha value is -9.38. The minimum absolute atomic E-state index is 1.09. The lowest BCUT2D eigenvalue weighted by Crippen LogP contribution is -2.12. The number of anilines is 6.